The van der Waals surface area contributed by atoms with E-state index in [2.05, 4.69) is 65.8 Å². The van der Waals surface area contributed by atoms with Gasteiger partial charge in [0.2, 0.25) is 0 Å². The van der Waals surface area contributed by atoms with E-state index in [1.165, 1.54) is 0 Å². The average molecular weight is 561 g/mol. The Balaban J connectivity index is 1.87. The third-order valence-corrected chi connectivity index (χ3v) is 7.51. The standard InChI is InChI=1S/C38H44N2O2/c1-25-19-29(35(41)31(21-25)37(3,4)5)23-39-33(27-15-11-9-12-16-27)34(28-17-13-10-14-18-28)40-24-30-20-26(2)22-32(36(30)42)38(6,7)8/h9-24,33-34,41-42H,1-8H3/t33-,34-/m0/s1. The van der Waals surface area contributed by atoms with Crippen molar-refractivity contribution in [3.8, 4) is 11.5 Å². The van der Waals surface area contributed by atoms with Gasteiger partial charge < -0.3 is 10.2 Å². The number of benzene rings is 4. The van der Waals surface area contributed by atoms with Crippen LogP contribution in [-0.2, 0) is 10.8 Å². The van der Waals surface area contributed by atoms with Crippen LogP contribution in [0, 0.1) is 13.8 Å². The highest BCUT2D eigenvalue weighted by molar-refractivity contribution is 5.86. The van der Waals surface area contributed by atoms with E-state index in [0.29, 0.717) is 11.1 Å². The van der Waals surface area contributed by atoms with Gasteiger partial charge in [-0.2, -0.15) is 0 Å². The molecule has 0 aliphatic rings. The molecule has 4 aromatic carbocycles. The van der Waals surface area contributed by atoms with Gasteiger partial charge in [0.05, 0.1) is 0 Å². The molecule has 0 bridgehead atoms. The molecule has 0 fully saturated rings. The minimum Gasteiger partial charge on any atom is -0.507 e. The molecule has 0 heterocycles. The third kappa shape index (κ3) is 7.17. The van der Waals surface area contributed by atoms with E-state index >= 15 is 0 Å². The average Bonchev–Trinajstić information content (AvgIpc) is 2.93. The van der Waals surface area contributed by atoms with Crippen LogP contribution in [0.4, 0.5) is 0 Å². The number of hydrogen-bond donors (Lipinski definition) is 2. The normalized spacial score (nSPS) is 14.0. The maximum Gasteiger partial charge on any atom is 0.128 e. The molecule has 0 saturated carbocycles. The van der Waals surface area contributed by atoms with Crippen molar-refractivity contribution >= 4 is 12.4 Å². The van der Waals surface area contributed by atoms with Crippen molar-refractivity contribution < 1.29 is 10.2 Å². The van der Waals surface area contributed by atoms with Crippen LogP contribution in [0.3, 0.4) is 0 Å². The fourth-order valence-corrected chi connectivity index (χ4v) is 5.28. The van der Waals surface area contributed by atoms with Gasteiger partial charge in [0.1, 0.15) is 23.6 Å². The molecule has 42 heavy (non-hydrogen) atoms. The summed E-state index contributed by atoms with van der Waals surface area (Å²) in [7, 11) is 0. The first kappa shape index (κ1) is 30.8. The summed E-state index contributed by atoms with van der Waals surface area (Å²) < 4.78 is 0. The zero-order valence-electron chi connectivity index (χ0n) is 26.2. The van der Waals surface area contributed by atoms with Gasteiger partial charge in [0.25, 0.3) is 0 Å². The van der Waals surface area contributed by atoms with Gasteiger partial charge in [-0.25, -0.2) is 0 Å². The van der Waals surface area contributed by atoms with E-state index in [1.807, 2.05) is 74.5 Å². The summed E-state index contributed by atoms with van der Waals surface area (Å²) in [6.07, 6.45) is 3.56. The van der Waals surface area contributed by atoms with Gasteiger partial charge in [-0.3, -0.25) is 9.98 Å². The Labute approximate surface area is 251 Å². The van der Waals surface area contributed by atoms with Crippen molar-refractivity contribution in [3.05, 3.63) is 129 Å². The summed E-state index contributed by atoms with van der Waals surface area (Å²) in [6.45, 7) is 16.7. The Morgan fingerprint density at radius 1 is 0.548 bits per heavy atom. The van der Waals surface area contributed by atoms with Gasteiger partial charge in [-0.15, -0.1) is 0 Å². The topological polar surface area (TPSA) is 65.2 Å². The van der Waals surface area contributed by atoms with Crippen LogP contribution < -0.4 is 0 Å². The maximum atomic E-state index is 11.2. The lowest BCUT2D eigenvalue weighted by Crippen LogP contribution is -2.13. The van der Waals surface area contributed by atoms with Crippen LogP contribution in [0.2, 0.25) is 0 Å². The molecule has 4 heteroatoms. The number of phenolic OH excluding ortho intramolecular Hbond substituents is 2. The highest BCUT2D eigenvalue weighted by Crippen LogP contribution is 2.39. The second-order valence-corrected chi connectivity index (χ2v) is 13.3. The Bertz CT molecular complexity index is 1450. The Hall–Kier alpha value is -4.18. The van der Waals surface area contributed by atoms with Crippen molar-refractivity contribution in [2.24, 2.45) is 9.98 Å². The maximum absolute atomic E-state index is 11.2. The van der Waals surface area contributed by atoms with E-state index < -0.39 is 0 Å². The van der Waals surface area contributed by atoms with Crippen LogP contribution in [0.5, 0.6) is 11.5 Å². The molecule has 4 rings (SSSR count). The summed E-state index contributed by atoms with van der Waals surface area (Å²) in [5.41, 5.74) is 6.87. The largest absolute Gasteiger partial charge is 0.507 e. The summed E-state index contributed by atoms with van der Waals surface area (Å²) in [5.74, 6) is 0.505. The highest BCUT2D eigenvalue weighted by Gasteiger charge is 2.25. The molecule has 0 amide bonds. The van der Waals surface area contributed by atoms with E-state index in [-0.39, 0.29) is 34.4 Å². The number of aromatic hydroxyl groups is 2. The number of hydrogen-bond acceptors (Lipinski definition) is 4. The minimum absolute atomic E-state index is 0.212. The van der Waals surface area contributed by atoms with Crippen LogP contribution in [0.1, 0.15) is 98.1 Å². The summed E-state index contributed by atoms with van der Waals surface area (Å²) in [4.78, 5) is 10.2. The molecule has 2 atom stereocenters. The molecule has 218 valence electrons. The smallest absolute Gasteiger partial charge is 0.128 e. The predicted molar refractivity (Wildman–Crippen MR) is 177 cm³/mol. The van der Waals surface area contributed by atoms with Gasteiger partial charge in [-0.1, -0.05) is 114 Å². The van der Waals surface area contributed by atoms with Crippen LogP contribution in [0.25, 0.3) is 0 Å². The lowest BCUT2D eigenvalue weighted by Gasteiger charge is -2.24. The van der Waals surface area contributed by atoms with Crippen molar-refractivity contribution in [2.45, 2.75) is 78.3 Å². The first-order valence-electron chi connectivity index (χ1n) is 14.6. The minimum atomic E-state index is -0.378. The molecule has 0 aromatic heterocycles. The molecule has 0 saturated heterocycles. The first-order valence-corrected chi connectivity index (χ1v) is 14.6. The van der Waals surface area contributed by atoms with Gasteiger partial charge in [0, 0.05) is 34.7 Å². The molecule has 0 aliphatic heterocycles. The molecular weight excluding hydrogens is 516 g/mol. The molecule has 4 nitrogen and oxygen atoms in total. The summed E-state index contributed by atoms with van der Waals surface area (Å²) >= 11 is 0. The quantitative estimate of drug-likeness (QED) is 0.221. The summed E-state index contributed by atoms with van der Waals surface area (Å²) in [5, 5.41) is 22.5. The predicted octanol–water partition coefficient (Wildman–Crippen LogP) is 9.33. The van der Waals surface area contributed by atoms with E-state index in [9.17, 15) is 10.2 Å². The SMILES string of the molecule is Cc1cc(C=N[C@@H](c2ccccc2)[C@@H](N=Cc2cc(C)cc(C(C)(C)C)c2O)c2ccccc2)c(O)c(C(C)(C)C)c1. The molecular formula is C38H44N2O2. The van der Waals surface area contributed by atoms with Crippen LogP contribution in [0.15, 0.2) is 94.9 Å². The fraction of sp³-hybridized carbons (Fsp3) is 0.316. The number of phenols is 2. The third-order valence-electron chi connectivity index (χ3n) is 7.51. The molecule has 4 aromatic rings. The van der Waals surface area contributed by atoms with E-state index in [4.69, 9.17) is 9.98 Å². The number of aryl methyl sites for hydroxylation is 2. The Morgan fingerprint density at radius 2 is 0.881 bits per heavy atom. The first-order chi connectivity index (χ1) is 19.8. The lowest BCUT2D eigenvalue weighted by atomic mass is 9.84. The van der Waals surface area contributed by atoms with Crippen molar-refractivity contribution in [1.82, 2.24) is 0 Å². The van der Waals surface area contributed by atoms with E-state index in [0.717, 1.165) is 33.4 Å². The number of nitrogens with zero attached hydrogens (tertiary/aromatic N) is 2. The van der Waals surface area contributed by atoms with Crippen molar-refractivity contribution in [2.75, 3.05) is 0 Å². The molecule has 0 radical (unpaired) electrons. The Morgan fingerprint density at radius 3 is 1.19 bits per heavy atom. The highest BCUT2D eigenvalue weighted by atomic mass is 16.3. The second kappa shape index (κ2) is 12.4. The molecule has 0 unspecified atom stereocenters. The monoisotopic (exact) mass is 560 g/mol. The van der Waals surface area contributed by atoms with Gasteiger partial charge in [0.15, 0.2) is 0 Å². The van der Waals surface area contributed by atoms with Crippen molar-refractivity contribution in [1.29, 1.82) is 0 Å². The number of aliphatic imine (C=N–C) groups is 2. The second-order valence-electron chi connectivity index (χ2n) is 13.3. The Kier molecular flexibility index (Phi) is 9.06. The van der Waals surface area contributed by atoms with Gasteiger partial charge >= 0.3 is 0 Å². The van der Waals surface area contributed by atoms with E-state index in [1.54, 1.807) is 12.4 Å². The summed E-state index contributed by atoms with van der Waals surface area (Å²) in [6, 6.07) is 27.5. The number of rotatable bonds is 7. The van der Waals surface area contributed by atoms with Crippen molar-refractivity contribution in [3.63, 3.8) is 0 Å². The van der Waals surface area contributed by atoms with Crippen LogP contribution >= 0.6 is 0 Å². The fourth-order valence-electron chi connectivity index (χ4n) is 5.28. The lowest BCUT2D eigenvalue weighted by molar-refractivity contribution is 0.444. The molecule has 0 spiro atoms. The van der Waals surface area contributed by atoms with Crippen LogP contribution in [-0.4, -0.2) is 22.6 Å². The van der Waals surface area contributed by atoms with Gasteiger partial charge in [-0.05, 0) is 59.1 Å². The zero-order valence-corrected chi connectivity index (χ0v) is 26.2. The molecule has 2 N–H and O–H groups in total. The zero-order chi connectivity index (χ0) is 30.7. The molecule has 0 aliphatic carbocycles.